The molecule has 27 heavy (non-hydrogen) atoms. The molecule has 3 rings (SSSR count). The van der Waals surface area contributed by atoms with Gasteiger partial charge in [0.05, 0.1) is 0 Å². The van der Waals surface area contributed by atoms with Crippen LogP contribution < -0.4 is 10.6 Å². The fourth-order valence-electron chi connectivity index (χ4n) is 4.63. The van der Waals surface area contributed by atoms with Crippen molar-refractivity contribution in [2.45, 2.75) is 50.4 Å². The Hall–Kier alpha value is -0.820. The molecule has 1 aromatic carbocycles. The fourth-order valence-corrected chi connectivity index (χ4v) is 4.63. The van der Waals surface area contributed by atoms with Gasteiger partial charge in [-0.1, -0.05) is 43.2 Å². The van der Waals surface area contributed by atoms with Gasteiger partial charge >= 0.3 is 0 Å². The molecule has 1 heterocycles. The first kappa shape index (κ1) is 22.5. The summed E-state index contributed by atoms with van der Waals surface area (Å²) < 4.78 is 0. The van der Waals surface area contributed by atoms with Crippen LogP contribution in [-0.4, -0.2) is 51.1 Å². The van der Waals surface area contributed by atoms with Gasteiger partial charge in [-0.05, 0) is 63.7 Å². The van der Waals surface area contributed by atoms with Crippen molar-refractivity contribution in [1.82, 2.24) is 15.5 Å². The Labute approximate surface area is 182 Å². The van der Waals surface area contributed by atoms with Crippen LogP contribution in [0.4, 0.5) is 0 Å². The summed E-state index contributed by atoms with van der Waals surface area (Å²) in [7, 11) is 4.11. The van der Waals surface area contributed by atoms with Gasteiger partial charge in [-0.2, -0.15) is 0 Å². The standard InChI is InChI=1S/C22H36N4.HI/c1-23-21(24-15-10-19-11-16-26(2)17-12-19)25-18-22(13-6-7-14-22)20-8-4-3-5-9-20;/h3-5,8-9,19H,6-7,10-18H2,1-2H3,(H2,23,24,25);1H. The molecule has 1 aliphatic heterocycles. The highest BCUT2D eigenvalue weighted by Gasteiger charge is 2.35. The van der Waals surface area contributed by atoms with Crippen LogP contribution in [0.15, 0.2) is 35.3 Å². The minimum absolute atomic E-state index is 0. The van der Waals surface area contributed by atoms with E-state index in [-0.39, 0.29) is 29.4 Å². The molecule has 2 aliphatic rings. The highest BCUT2D eigenvalue weighted by Crippen LogP contribution is 2.40. The summed E-state index contributed by atoms with van der Waals surface area (Å²) in [5.74, 6) is 1.82. The third-order valence-electron chi connectivity index (χ3n) is 6.45. The number of nitrogens with zero attached hydrogens (tertiary/aromatic N) is 2. The van der Waals surface area contributed by atoms with E-state index in [1.54, 1.807) is 0 Å². The van der Waals surface area contributed by atoms with Crippen molar-refractivity contribution < 1.29 is 0 Å². The molecule has 0 amide bonds. The summed E-state index contributed by atoms with van der Waals surface area (Å²) >= 11 is 0. The third-order valence-corrected chi connectivity index (χ3v) is 6.45. The first-order valence-corrected chi connectivity index (χ1v) is 10.4. The highest BCUT2D eigenvalue weighted by atomic mass is 127. The molecule has 1 aromatic rings. The Balaban J connectivity index is 0.00000261. The van der Waals surface area contributed by atoms with Gasteiger partial charge in [0.25, 0.3) is 0 Å². The van der Waals surface area contributed by atoms with Gasteiger partial charge in [0, 0.05) is 25.6 Å². The van der Waals surface area contributed by atoms with Gasteiger partial charge in [-0.3, -0.25) is 4.99 Å². The van der Waals surface area contributed by atoms with Crippen LogP contribution in [0, 0.1) is 5.92 Å². The van der Waals surface area contributed by atoms with Crippen LogP contribution in [0.2, 0.25) is 0 Å². The lowest BCUT2D eigenvalue weighted by molar-refractivity contribution is 0.213. The average molecular weight is 484 g/mol. The van der Waals surface area contributed by atoms with Crippen LogP contribution >= 0.6 is 24.0 Å². The zero-order valence-corrected chi connectivity index (χ0v) is 19.4. The van der Waals surface area contributed by atoms with Crippen molar-refractivity contribution in [2.24, 2.45) is 10.9 Å². The fraction of sp³-hybridized carbons (Fsp3) is 0.682. The zero-order chi connectivity index (χ0) is 18.2. The van der Waals surface area contributed by atoms with Crippen molar-refractivity contribution in [1.29, 1.82) is 0 Å². The van der Waals surface area contributed by atoms with Gasteiger partial charge in [-0.15, -0.1) is 24.0 Å². The van der Waals surface area contributed by atoms with Crippen molar-refractivity contribution in [3.63, 3.8) is 0 Å². The van der Waals surface area contributed by atoms with Crippen LogP contribution in [0.5, 0.6) is 0 Å². The predicted molar refractivity (Wildman–Crippen MR) is 126 cm³/mol. The van der Waals surface area contributed by atoms with E-state index in [9.17, 15) is 0 Å². The molecule has 1 saturated carbocycles. The Morgan fingerprint density at radius 2 is 1.78 bits per heavy atom. The van der Waals surface area contributed by atoms with Crippen molar-refractivity contribution in [3.8, 4) is 0 Å². The lowest BCUT2D eigenvalue weighted by atomic mass is 9.79. The molecule has 0 spiro atoms. The maximum atomic E-state index is 4.45. The maximum Gasteiger partial charge on any atom is 0.191 e. The minimum atomic E-state index is 0. The number of halogens is 1. The number of hydrogen-bond acceptors (Lipinski definition) is 2. The second-order valence-electron chi connectivity index (χ2n) is 8.24. The van der Waals surface area contributed by atoms with Crippen molar-refractivity contribution >= 4 is 29.9 Å². The van der Waals surface area contributed by atoms with Gasteiger partial charge in [-0.25, -0.2) is 0 Å². The maximum absolute atomic E-state index is 4.45. The number of rotatable bonds is 6. The van der Waals surface area contributed by atoms with Crippen LogP contribution in [0.25, 0.3) is 0 Å². The molecule has 5 heteroatoms. The van der Waals surface area contributed by atoms with Gasteiger partial charge in [0.1, 0.15) is 0 Å². The molecule has 4 nitrogen and oxygen atoms in total. The molecule has 0 unspecified atom stereocenters. The Morgan fingerprint density at radius 1 is 1.11 bits per heavy atom. The Morgan fingerprint density at radius 3 is 2.41 bits per heavy atom. The number of nitrogens with one attached hydrogen (secondary N) is 2. The Kier molecular flexibility index (Phi) is 9.36. The molecule has 2 N–H and O–H groups in total. The highest BCUT2D eigenvalue weighted by molar-refractivity contribution is 14.0. The lowest BCUT2D eigenvalue weighted by Crippen LogP contribution is -2.45. The summed E-state index contributed by atoms with van der Waals surface area (Å²) in [5, 5.41) is 7.17. The predicted octanol–water partition coefficient (Wildman–Crippen LogP) is 4.01. The molecule has 2 fully saturated rings. The molecular weight excluding hydrogens is 447 g/mol. The van der Waals surface area contributed by atoms with E-state index >= 15 is 0 Å². The monoisotopic (exact) mass is 484 g/mol. The topological polar surface area (TPSA) is 39.7 Å². The zero-order valence-electron chi connectivity index (χ0n) is 17.0. The molecule has 0 atom stereocenters. The van der Waals surface area contributed by atoms with Gasteiger partial charge in [0.2, 0.25) is 0 Å². The second-order valence-corrected chi connectivity index (χ2v) is 8.24. The number of aliphatic imine (C=N–C) groups is 1. The quantitative estimate of drug-likeness (QED) is 0.364. The van der Waals surface area contributed by atoms with E-state index < -0.39 is 0 Å². The SMILES string of the molecule is CN=C(NCCC1CCN(C)CC1)NCC1(c2ccccc2)CCCC1.I. The number of benzene rings is 1. The molecule has 0 radical (unpaired) electrons. The van der Waals surface area contributed by atoms with Crippen molar-refractivity contribution in [2.75, 3.05) is 40.3 Å². The van der Waals surface area contributed by atoms with Crippen molar-refractivity contribution in [3.05, 3.63) is 35.9 Å². The average Bonchev–Trinajstić information content (AvgIpc) is 3.17. The molecule has 1 aliphatic carbocycles. The summed E-state index contributed by atoms with van der Waals surface area (Å²) in [5.41, 5.74) is 1.75. The lowest BCUT2D eigenvalue weighted by Gasteiger charge is -2.31. The summed E-state index contributed by atoms with van der Waals surface area (Å²) in [6, 6.07) is 11.0. The summed E-state index contributed by atoms with van der Waals surface area (Å²) in [4.78, 5) is 6.89. The normalized spacial score (nSPS) is 20.9. The smallest absolute Gasteiger partial charge is 0.191 e. The molecule has 0 bridgehead atoms. The van der Waals surface area contributed by atoms with Gasteiger partial charge in [0.15, 0.2) is 5.96 Å². The van der Waals surface area contributed by atoms with Crippen LogP contribution in [0.3, 0.4) is 0 Å². The van der Waals surface area contributed by atoms with Crippen LogP contribution in [-0.2, 0) is 5.41 Å². The number of likely N-dealkylation sites (tertiary alicyclic amines) is 1. The first-order valence-electron chi connectivity index (χ1n) is 10.4. The first-order chi connectivity index (χ1) is 12.7. The molecule has 0 aromatic heterocycles. The molecule has 1 saturated heterocycles. The van der Waals surface area contributed by atoms with E-state index in [1.165, 1.54) is 63.6 Å². The number of guanidine groups is 1. The molecule has 152 valence electrons. The largest absolute Gasteiger partial charge is 0.356 e. The number of hydrogen-bond donors (Lipinski definition) is 2. The molecular formula is C22H37IN4. The van der Waals surface area contributed by atoms with Crippen LogP contribution in [0.1, 0.15) is 50.5 Å². The Bertz CT molecular complexity index is 561. The summed E-state index contributed by atoms with van der Waals surface area (Å²) in [6.45, 7) is 4.49. The number of piperidine rings is 1. The third kappa shape index (κ3) is 6.34. The van der Waals surface area contributed by atoms with Gasteiger partial charge < -0.3 is 15.5 Å². The van der Waals surface area contributed by atoms with E-state index in [1.807, 2.05) is 7.05 Å². The van der Waals surface area contributed by atoms with E-state index in [0.717, 1.165) is 25.0 Å². The van der Waals surface area contributed by atoms with E-state index in [0.29, 0.717) is 0 Å². The van der Waals surface area contributed by atoms with E-state index in [2.05, 4.69) is 57.9 Å². The minimum Gasteiger partial charge on any atom is -0.356 e. The summed E-state index contributed by atoms with van der Waals surface area (Å²) in [6.07, 6.45) is 9.13. The van der Waals surface area contributed by atoms with E-state index in [4.69, 9.17) is 0 Å². The second kappa shape index (κ2) is 11.2.